The lowest BCUT2D eigenvalue weighted by molar-refractivity contribution is 0.0738. The van der Waals surface area contributed by atoms with Gasteiger partial charge in [-0.25, -0.2) is 9.37 Å². The van der Waals surface area contributed by atoms with Gasteiger partial charge in [0.15, 0.2) is 0 Å². The fourth-order valence-electron chi connectivity index (χ4n) is 4.95. The normalized spacial score (nSPS) is 18.6. The molecule has 170 valence electrons. The number of halogens is 1. The van der Waals surface area contributed by atoms with Crippen molar-refractivity contribution < 1.29 is 13.7 Å². The molecule has 1 aromatic carbocycles. The van der Waals surface area contributed by atoms with Gasteiger partial charge in [-0.1, -0.05) is 5.16 Å². The number of hydrogen-bond acceptors (Lipinski definition) is 7. The van der Waals surface area contributed by atoms with Gasteiger partial charge in [-0.2, -0.15) is 4.98 Å². The summed E-state index contributed by atoms with van der Waals surface area (Å²) in [4.78, 5) is 11.5. The summed E-state index contributed by atoms with van der Waals surface area (Å²) in [5.41, 5.74) is 3.02. The van der Waals surface area contributed by atoms with E-state index in [1.165, 1.54) is 0 Å². The Labute approximate surface area is 187 Å². The summed E-state index contributed by atoms with van der Waals surface area (Å²) in [6.07, 6.45) is 4.17. The van der Waals surface area contributed by atoms with Gasteiger partial charge in [-0.05, 0) is 62.8 Å². The number of ether oxygens (including phenoxy) is 1. The van der Waals surface area contributed by atoms with Gasteiger partial charge in [-0.15, -0.1) is 0 Å². The third-order valence-electron chi connectivity index (χ3n) is 6.67. The topological polar surface area (TPSA) is 76.3 Å². The second-order valence-corrected chi connectivity index (χ2v) is 9.03. The minimum Gasteiger partial charge on any atom is -0.381 e. The van der Waals surface area contributed by atoms with Crippen LogP contribution in [-0.4, -0.2) is 53.5 Å². The van der Waals surface area contributed by atoms with Crippen LogP contribution in [0.2, 0.25) is 0 Å². The quantitative estimate of drug-likeness (QED) is 0.656. The van der Waals surface area contributed by atoms with Gasteiger partial charge in [0.2, 0.25) is 11.7 Å². The molecule has 32 heavy (non-hydrogen) atoms. The molecule has 5 rings (SSSR count). The molecule has 0 unspecified atom stereocenters. The summed E-state index contributed by atoms with van der Waals surface area (Å²) in [7, 11) is 0. The van der Waals surface area contributed by atoms with Crippen molar-refractivity contribution in [3.8, 4) is 11.4 Å². The summed E-state index contributed by atoms with van der Waals surface area (Å²) in [6.45, 7) is 9.03. The maximum atomic E-state index is 14.9. The van der Waals surface area contributed by atoms with Crippen LogP contribution in [0.25, 0.3) is 22.3 Å². The predicted molar refractivity (Wildman–Crippen MR) is 121 cm³/mol. The fraction of sp³-hybridized carbons (Fsp3) is 0.542. The molecule has 2 aliphatic rings. The van der Waals surface area contributed by atoms with Crippen LogP contribution < -0.4 is 10.2 Å². The number of piperidine rings is 1. The van der Waals surface area contributed by atoms with Gasteiger partial charge in [-0.3, -0.25) is 0 Å². The Hall–Kier alpha value is -2.58. The molecule has 0 bridgehead atoms. The monoisotopic (exact) mass is 439 g/mol. The van der Waals surface area contributed by atoms with Crippen LogP contribution in [0.15, 0.2) is 16.7 Å². The van der Waals surface area contributed by atoms with Crippen LogP contribution in [-0.2, 0) is 4.74 Å². The van der Waals surface area contributed by atoms with Crippen molar-refractivity contribution in [2.75, 3.05) is 31.2 Å². The lowest BCUT2D eigenvalue weighted by Crippen LogP contribution is -2.48. The third kappa shape index (κ3) is 4.09. The van der Waals surface area contributed by atoms with Gasteiger partial charge in [0.05, 0.1) is 5.56 Å². The first-order valence-corrected chi connectivity index (χ1v) is 11.5. The number of aromatic nitrogens is 3. The molecule has 0 saturated carbocycles. The van der Waals surface area contributed by atoms with E-state index >= 15 is 0 Å². The van der Waals surface area contributed by atoms with Gasteiger partial charge >= 0.3 is 0 Å². The smallest absolute Gasteiger partial charge is 0.223 e. The highest BCUT2D eigenvalue weighted by Gasteiger charge is 2.28. The van der Waals surface area contributed by atoms with Crippen molar-refractivity contribution >= 4 is 16.7 Å². The first-order chi connectivity index (χ1) is 15.5. The van der Waals surface area contributed by atoms with Crippen LogP contribution in [0.1, 0.15) is 42.7 Å². The summed E-state index contributed by atoms with van der Waals surface area (Å²) in [6, 6.07) is 4.54. The number of nitrogens with zero attached hydrogens (tertiary/aromatic N) is 4. The molecule has 0 amide bonds. The second kappa shape index (κ2) is 8.75. The molecule has 0 spiro atoms. The lowest BCUT2D eigenvalue weighted by Gasteiger charge is -2.37. The largest absolute Gasteiger partial charge is 0.381 e. The zero-order valence-corrected chi connectivity index (χ0v) is 18.9. The van der Waals surface area contributed by atoms with E-state index in [9.17, 15) is 4.39 Å². The van der Waals surface area contributed by atoms with E-state index < -0.39 is 0 Å². The van der Waals surface area contributed by atoms with Crippen molar-refractivity contribution in [2.45, 2.75) is 58.5 Å². The Bertz CT molecular complexity index is 1120. The fourth-order valence-corrected chi connectivity index (χ4v) is 4.95. The van der Waals surface area contributed by atoms with Crippen molar-refractivity contribution in [3.05, 3.63) is 35.0 Å². The van der Waals surface area contributed by atoms with Crippen molar-refractivity contribution in [1.82, 2.24) is 20.4 Å². The predicted octanol–water partition coefficient (Wildman–Crippen LogP) is 4.09. The number of rotatable bonds is 4. The van der Waals surface area contributed by atoms with Gasteiger partial charge in [0, 0.05) is 50.7 Å². The van der Waals surface area contributed by atoms with Crippen molar-refractivity contribution in [1.29, 1.82) is 0 Å². The van der Waals surface area contributed by atoms with Crippen molar-refractivity contribution in [2.24, 2.45) is 0 Å². The zero-order chi connectivity index (χ0) is 22.2. The molecular weight excluding hydrogens is 409 g/mol. The standard InChI is InChI=1S/C24H30FN5O2/c1-14-12-19-15(2)21(23-26-16(3)32-29-23)24(28-22(19)20(25)13-14)30-8-4-17(5-9-30)27-18-6-10-31-11-7-18/h12-13,17-18,27H,4-11H2,1-3H3. The number of nitrogens with one attached hydrogen (secondary N) is 1. The summed E-state index contributed by atoms with van der Waals surface area (Å²) in [5.74, 6) is 1.45. The molecule has 4 heterocycles. The molecule has 2 aliphatic heterocycles. The Morgan fingerprint density at radius 2 is 1.72 bits per heavy atom. The maximum absolute atomic E-state index is 14.9. The Morgan fingerprint density at radius 3 is 2.41 bits per heavy atom. The zero-order valence-electron chi connectivity index (χ0n) is 18.9. The average Bonchev–Trinajstić information content (AvgIpc) is 3.21. The van der Waals surface area contributed by atoms with E-state index in [4.69, 9.17) is 14.2 Å². The number of hydrogen-bond donors (Lipinski definition) is 1. The highest BCUT2D eigenvalue weighted by Crippen LogP contribution is 2.37. The van der Waals surface area contributed by atoms with E-state index in [1.54, 1.807) is 13.0 Å². The molecule has 8 heteroatoms. The second-order valence-electron chi connectivity index (χ2n) is 9.03. The third-order valence-corrected chi connectivity index (χ3v) is 6.67. The Kier molecular flexibility index (Phi) is 5.82. The van der Waals surface area contributed by atoms with Gasteiger partial charge in [0.1, 0.15) is 17.2 Å². The molecule has 3 aromatic rings. The number of fused-ring (bicyclic) bond motifs is 1. The molecule has 0 aliphatic carbocycles. The number of pyridine rings is 1. The van der Waals surface area contributed by atoms with Crippen LogP contribution >= 0.6 is 0 Å². The molecule has 0 atom stereocenters. The van der Waals surface area contributed by atoms with E-state index in [2.05, 4.69) is 20.4 Å². The van der Waals surface area contributed by atoms with Gasteiger partial charge in [0.25, 0.3) is 0 Å². The molecular formula is C24H30FN5O2. The SMILES string of the molecule is Cc1cc(F)c2nc(N3CCC(NC4CCOCC4)CC3)c(-c3noc(C)n3)c(C)c2c1. The summed E-state index contributed by atoms with van der Waals surface area (Å²) >= 11 is 0. The maximum Gasteiger partial charge on any atom is 0.223 e. The number of benzene rings is 1. The van der Waals surface area contributed by atoms with Crippen LogP contribution in [0.5, 0.6) is 0 Å². The molecule has 0 radical (unpaired) electrons. The number of aryl methyl sites for hydroxylation is 3. The molecule has 7 nitrogen and oxygen atoms in total. The first-order valence-electron chi connectivity index (χ1n) is 11.5. The minimum absolute atomic E-state index is 0.295. The van der Waals surface area contributed by atoms with E-state index in [1.807, 2.05) is 19.9 Å². The van der Waals surface area contributed by atoms with Crippen LogP contribution in [0, 0.1) is 26.6 Å². The number of anilines is 1. The molecule has 2 fully saturated rings. The van der Waals surface area contributed by atoms with E-state index in [0.717, 1.165) is 79.9 Å². The first kappa shape index (κ1) is 21.3. The van der Waals surface area contributed by atoms with Crippen LogP contribution in [0.4, 0.5) is 10.2 Å². The van der Waals surface area contributed by atoms with Crippen LogP contribution in [0.3, 0.4) is 0 Å². The molecule has 1 N–H and O–H groups in total. The van der Waals surface area contributed by atoms with Crippen molar-refractivity contribution in [3.63, 3.8) is 0 Å². The van der Waals surface area contributed by atoms with Gasteiger partial charge < -0.3 is 19.5 Å². The van der Waals surface area contributed by atoms with E-state index in [0.29, 0.717) is 29.3 Å². The Balaban J connectivity index is 1.47. The summed E-state index contributed by atoms with van der Waals surface area (Å²) in [5, 5.41) is 8.78. The minimum atomic E-state index is -0.295. The molecule has 2 saturated heterocycles. The van der Waals surface area contributed by atoms with E-state index in [-0.39, 0.29) is 5.82 Å². The molecule has 2 aromatic heterocycles. The lowest BCUT2D eigenvalue weighted by atomic mass is 9.98. The Morgan fingerprint density at radius 1 is 1.00 bits per heavy atom. The summed E-state index contributed by atoms with van der Waals surface area (Å²) < 4.78 is 25.6. The highest BCUT2D eigenvalue weighted by molar-refractivity contribution is 5.93. The average molecular weight is 440 g/mol. The highest BCUT2D eigenvalue weighted by atomic mass is 19.1.